The second-order valence-corrected chi connectivity index (χ2v) is 7.39. The lowest BCUT2D eigenvalue weighted by Gasteiger charge is -2.44. The van der Waals surface area contributed by atoms with Crippen LogP contribution in [0.2, 0.25) is 0 Å². The highest BCUT2D eigenvalue weighted by atomic mass is 16.7. The van der Waals surface area contributed by atoms with Gasteiger partial charge in [-0.1, -0.05) is 30.3 Å². The van der Waals surface area contributed by atoms with Crippen LogP contribution in [0.3, 0.4) is 0 Å². The predicted octanol–water partition coefficient (Wildman–Crippen LogP) is 2.70. The van der Waals surface area contributed by atoms with Crippen molar-refractivity contribution in [1.82, 2.24) is 4.90 Å². The Labute approximate surface area is 138 Å². The Morgan fingerprint density at radius 2 is 1.70 bits per heavy atom. The molecule has 1 aromatic rings. The highest BCUT2D eigenvalue weighted by Crippen LogP contribution is 2.43. The number of aliphatic hydroxyl groups is 1. The van der Waals surface area contributed by atoms with Crippen LogP contribution in [0.1, 0.15) is 44.1 Å². The minimum Gasteiger partial charge on any atom is -0.390 e. The molecule has 0 amide bonds. The molecule has 2 unspecified atom stereocenters. The van der Waals surface area contributed by atoms with Crippen molar-refractivity contribution in [2.24, 2.45) is 0 Å². The molecule has 126 valence electrons. The Morgan fingerprint density at radius 3 is 2.35 bits per heavy atom. The van der Waals surface area contributed by atoms with E-state index in [2.05, 4.69) is 35.2 Å². The lowest BCUT2D eigenvalue weighted by atomic mass is 9.82. The Hall–Kier alpha value is -0.940. The highest BCUT2D eigenvalue weighted by molar-refractivity contribution is 5.16. The molecule has 3 saturated heterocycles. The van der Waals surface area contributed by atoms with Gasteiger partial charge < -0.3 is 14.6 Å². The summed E-state index contributed by atoms with van der Waals surface area (Å²) in [4.78, 5) is 2.62. The first-order chi connectivity index (χ1) is 11.2. The van der Waals surface area contributed by atoms with Crippen LogP contribution in [0.5, 0.6) is 0 Å². The van der Waals surface area contributed by atoms with Crippen LogP contribution < -0.4 is 0 Å². The van der Waals surface area contributed by atoms with Gasteiger partial charge in [0.15, 0.2) is 6.29 Å². The molecule has 0 aliphatic carbocycles. The van der Waals surface area contributed by atoms with Crippen LogP contribution in [0.15, 0.2) is 30.3 Å². The van der Waals surface area contributed by atoms with Crippen molar-refractivity contribution >= 4 is 0 Å². The van der Waals surface area contributed by atoms with E-state index in [1.807, 2.05) is 0 Å². The quantitative estimate of drug-likeness (QED) is 0.907. The van der Waals surface area contributed by atoms with E-state index in [1.54, 1.807) is 0 Å². The summed E-state index contributed by atoms with van der Waals surface area (Å²) in [5, 5.41) is 11.1. The molecule has 3 fully saturated rings. The van der Waals surface area contributed by atoms with Gasteiger partial charge in [-0.15, -0.1) is 0 Å². The third kappa shape index (κ3) is 3.45. The normalized spacial score (nSPS) is 35.0. The summed E-state index contributed by atoms with van der Waals surface area (Å²) in [7, 11) is 0. The average Bonchev–Trinajstić information content (AvgIpc) is 3.15. The Balaban J connectivity index is 1.36. The zero-order valence-corrected chi connectivity index (χ0v) is 13.7. The number of fused-ring (bicyclic) bond motifs is 2. The van der Waals surface area contributed by atoms with Gasteiger partial charge in [-0.2, -0.15) is 0 Å². The molecule has 23 heavy (non-hydrogen) atoms. The summed E-state index contributed by atoms with van der Waals surface area (Å²) >= 11 is 0. The van der Waals surface area contributed by atoms with Gasteiger partial charge in [0.1, 0.15) is 0 Å². The molecule has 3 aliphatic heterocycles. The molecular weight excluding hydrogens is 290 g/mol. The topological polar surface area (TPSA) is 41.9 Å². The van der Waals surface area contributed by atoms with Crippen molar-refractivity contribution in [1.29, 1.82) is 0 Å². The van der Waals surface area contributed by atoms with Gasteiger partial charge >= 0.3 is 0 Å². The number of hydrogen-bond donors (Lipinski definition) is 1. The molecule has 4 rings (SSSR count). The number of benzene rings is 1. The fraction of sp³-hybridized carbons (Fsp3) is 0.684. The van der Waals surface area contributed by atoms with Crippen LogP contribution in [0.4, 0.5) is 0 Å². The van der Waals surface area contributed by atoms with Gasteiger partial charge in [-0.25, -0.2) is 0 Å². The van der Waals surface area contributed by atoms with Crippen LogP contribution in [-0.2, 0) is 16.0 Å². The summed E-state index contributed by atoms with van der Waals surface area (Å²) in [6.07, 6.45) is 5.73. The van der Waals surface area contributed by atoms with E-state index in [0.717, 1.165) is 32.2 Å². The van der Waals surface area contributed by atoms with Crippen LogP contribution in [0, 0.1) is 0 Å². The zero-order valence-electron chi connectivity index (χ0n) is 13.7. The Kier molecular flexibility index (Phi) is 4.41. The number of ether oxygens (including phenoxy) is 2. The van der Waals surface area contributed by atoms with Crippen molar-refractivity contribution in [2.45, 2.75) is 69.0 Å². The van der Waals surface area contributed by atoms with Crippen molar-refractivity contribution in [3.8, 4) is 0 Å². The van der Waals surface area contributed by atoms with Crippen molar-refractivity contribution in [2.75, 3.05) is 13.2 Å². The average molecular weight is 317 g/mol. The summed E-state index contributed by atoms with van der Waals surface area (Å²) in [6, 6.07) is 11.7. The first-order valence-corrected chi connectivity index (χ1v) is 8.97. The molecule has 1 aromatic carbocycles. The van der Waals surface area contributed by atoms with E-state index in [1.165, 1.54) is 18.4 Å². The molecule has 0 radical (unpaired) electrons. The fourth-order valence-electron chi connectivity index (χ4n) is 4.63. The van der Waals surface area contributed by atoms with Gasteiger partial charge in [-0.3, -0.25) is 4.90 Å². The molecular formula is C19H27NO3. The maximum absolute atomic E-state index is 11.1. The van der Waals surface area contributed by atoms with E-state index in [-0.39, 0.29) is 6.29 Å². The molecule has 0 spiro atoms. The Bertz CT molecular complexity index is 501. The third-order valence-electron chi connectivity index (χ3n) is 5.75. The number of piperidine rings is 1. The maximum Gasteiger partial charge on any atom is 0.157 e. The van der Waals surface area contributed by atoms with Crippen LogP contribution >= 0.6 is 0 Å². The molecule has 2 bridgehead atoms. The minimum absolute atomic E-state index is 0.0981. The molecule has 2 atom stereocenters. The Morgan fingerprint density at radius 1 is 1.04 bits per heavy atom. The summed E-state index contributed by atoms with van der Waals surface area (Å²) in [6.45, 7) is 2.40. The summed E-state index contributed by atoms with van der Waals surface area (Å²) in [5.41, 5.74) is 0.844. The molecule has 1 N–H and O–H groups in total. The summed E-state index contributed by atoms with van der Waals surface area (Å²) < 4.78 is 11.0. The largest absolute Gasteiger partial charge is 0.390 e. The van der Waals surface area contributed by atoms with Gasteiger partial charge in [0, 0.05) is 25.0 Å². The monoisotopic (exact) mass is 317 g/mol. The van der Waals surface area contributed by atoms with Crippen molar-refractivity contribution in [3.05, 3.63) is 35.9 Å². The highest BCUT2D eigenvalue weighted by Gasteiger charge is 2.47. The van der Waals surface area contributed by atoms with Gasteiger partial charge in [0.05, 0.1) is 18.8 Å². The van der Waals surface area contributed by atoms with E-state index in [0.29, 0.717) is 25.3 Å². The molecule has 0 aromatic heterocycles. The second kappa shape index (κ2) is 6.52. The minimum atomic E-state index is -0.533. The van der Waals surface area contributed by atoms with Gasteiger partial charge in [0.25, 0.3) is 0 Å². The smallest absolute Gasteiger partial charge is 0.157 e. The standard InChI is InChI=1S/C19H27NO3/c21-19(9-8-18-22-10-11-23-18)12-16-6-7-17(13-19)20(16)14-15-4-2-1-3-5-15/h1-5,16-18,21H,6-14H2. The maximum atomic E-state index is 11.1. The lowest BCUT2D eigenvalue weighted by Crippen LogP contribution is -2.50. The second-order valence-electron chi connectivity index (χ2n) is 7.39. The van der Waals surface area contributed by atoms with Gasteiger partial charge in [-0.05, 0) is 37.7 Å². The number of hydrogen-bond acceptors (Lipinski definition) is 4. The van der Waals surface area contributed by atoms with Crippen LogP contribution in [0.25, 0.3) is 0 Å². The van der Waals surface area contributed by atoms with Crippen molar-refractivity contribution < 1.29 is 14.6 Å². The van der Waals surface area contributed by atoms with E-state index < -0.39 is 5.60 Å². The molecule has 4 heteroatoms. The molecule has 3 heterocycles. The molecule has 3 aliphatic rings. The van der Waals surface area contributed by atoms with E-state index in [9.17, 15) is 5.11 Å². The predicted molar refractivity (Wildman–Crippen MR) is 87.9 cm³/mol. The van der Waals surface area contributed by atoms with Crippen LogP contribution in [-0.4, -0.2) is 47.2 Å². The first kappa shape index (κ1) is 15.6. The fourth-order valence-corrected chi connectivity index (χ4v) is 4.63. The number of rotatable bonds is 5. The first-order valence-electron chi connectivity index (χ1n) is 8.97. The third-order valence-corrected chi connectivity index (χ3v) is 5.75. The van der Waals surface area contributed by atoms with Gasteiger partial charge in [0.2, 0.25) is 0 Å². The molecule has 4 nitrogen and oxygen atoms in total. The zero-order chi connectivity index (χ0) is 15.7. The van der Waals surface area contributed by atoms with E-state index in [4.69, 9.17) is 9.47 Å². The van der Waals surface area contributed by atoms with Crippen molar-refractivity contribution in [3.63, 3.8) is 0 Å². The molecule has 0 saturated carbocycles. The lowest BCUT2D eigenvalue weighted by molar-refractivity contribution is -0.0932. The van der Waals surface area contributed by atoms with E-state index >= 15 is 0 Å². The summed E-state index contributed by atoms with van der Waals surface area (Å²) in [5.74, 6) is 0. The SMILES string of the molecule is OC1(CCC2OCCO2)CC2CCC(C1)N2Cc1ccccc1. The number of nitrogens with zero attached hydrogens (tertiary/aromatic N) is 1.